The Hall–Kier alpha value is 0.330. The summed E-state index contributed by atoms with van der Waals surface area (Å²) in [6, 6.07) is 7.88. The summed E-state index contributed by atoms with van der Waals surface area (Å²) in [6.07, 6.45) is 6.04. The summed E-state index contributed by atoms with van der Waals surface area (Å²) in [7, 11) is 0. The van der Waals surface area contributed by atoms with Crippen molar-refractivity contribution in [1.82, 2.24) is 0 Å². The van der Waals surface area contributed by atoms with Gasteiger partial charge < -0.3 is 4.74 Å². The van der Waals surface area contributed by atoms with Crippen molar-refractivity contribution in [2.75, 3.05) is 5.33 Å². The Balaban J connectivity index is 2.55. The maximum Gasteiger partial charge on any atom is 0.156 e. The third-order valence-electron chi connectivity index (χ3n) is 3.09. The van der Waals surface area contributed by atoms with E-state index in [0.29, 0.717) is 5.92 Å². The van der Waals surface area contributed by atoms with Gasteiger partial charge in [0.1, 0.15) is 5.75 Å². The summed E-state index contributed by atoms with van der Waals surface area (Å²) in [4.78, 5) is 0.891. The average Bonchev–Trinajstić information content (AvgIpc) is 2.40. The molecule has 0 fully saturated rings. The smallest absolute Gasteiger partial charge is 0.156 e. The van der Waals surface area contributed by atoms with Crippen molar-refractivity contribution in [3.8, 4) is 5.75 Å². The molecule has 0 saturated carbocycles. The van der Waals surface area contributed by atoms with Crippen LogP contribution in [0, 0.1) is 5.92 Å². The van der Waals surface area contributed by atoms with Crippen molar-refractivity contribution in [1.29, 1.82) is 0 Å². The summed E-state index contributed by atoms with van der Waals surface area (Å²) < 4.78 is 6.02. The second-order valence-electron chi connectivity index (χ2n) is 4.67. The van der Waals surface area contributed by atoms with E-state index in [9.17, 15) is 0 Å². The highest BCUT2D eigenvalue weighted by Crippen LogP contribution is 2.30. The molecule has 1 nitrogen and oxygen atoms in total. The number of benzene rings is 1. The molecular weight excluding hydrogens is 388 g/mol. The predicted octanol–water partition coefficient (Wildman–Crippen LogP) is 6.06. The van der Waals surface area contributed by atoms with Gasteiger partial charge in [-0.25, -0.2) is 0 Å². The van der Waals surface area contributed by atoms with Gasteiger partial charge in [0.05, 0.1) is 0 Å². The Morgan fingerprint density at radius 3 is 2.58 bits per heavy atom. The summed E-state index contributed by atoms with van der Waals surface area (Å²) in [5, 5.41) is 1.15. The monoisotopic (exact) mass is 408 g/mol. The second-order valence-corrected chi connectivity index (χ2v) is 6.85. The molecule has 0 bridgehead atoms. The zero-order valence-corrected chi connectivity index (χ0v) is 15.4. The van der Waals surface area contributed by atoms with Gasteiger partial charge in [0, 0.05) is 16.1 Å². The van der Waals surface area contributed by atoms with Gasteiger partial charge in [-0.2, -0.15) is 0 Å². The van der Waals surface area contributed by atoms with E-state index >= 15 is 0 Å². The van der Waals surface area contributed by atoms with Crippen LogP contribution in [0.25, 0.3) is 0 Å². The summed E-state index contributed by atoms with van der Waals surface area (Å²) in [5.41, 5.74) is 0. The number of hydrogen-bond acceptors (Lipinski definition) is 2. The molecule has 1 aromatic rings. The number of ether oxygens (including phenoxy) is 1. The molecule has 0 saturated heterocycles. The van der Waals surface area contributed by atoms with Crippen LogP contribution in [0.15, 0.2) is 29.2 Å². The quantitative estimate of drug-likeness (QED) is 0.296. The molecule has 2 atom stereocenters. The van der Waals surface area contributed by atoms with E-state index in [1.807, 2.05) is 24.3 Å². The van der Waals surface area contributed by atoms with Crippen molar-refractivity contribution in [3.05, 3.63) is 24.3 Å². The van der Waals surface area contributed by atoms with E-state index in [-0.39, 0.29) is 5.01 Å². The minimum Gasteiger partial charge on any atom is -0.478 e. The first-order valence-corrected chi connectivity index (χ1v) is 9.32. The van der Waals surface area contributed by atoms with Crippen LogP contribution >= 0.6 is 44.5 Å². The first-order valence-electron chi connectivity index (χ1n) is 6.83. The molecular formula is C15H22Br2OS. The molecule has 0 aliphatic rings. The molecule has 1 rings (SSSR count). The molecule has 2 unspecified atom stereocenters. The first kappa shape index (κ1) is 17.4. The summed E-state index contributed by atoms with van der Waals surface area (Å²) in [6.45, 7) is 2.23. The fourth-order valence-corrected chi connectivity index (χ4v) is 3.39. The number of rotatable bonds is 9. The van der Waals surface area contributed by atoms with Gasteiger partial charge in [-0.1, -0.05) is 47.8 Å². The lowest BCUT2D eigenvalue weighted by Gasteiger charge is -2.23. The number of thiol groups is 1. The summed E-state index contributed by atoms with van der Waals surface area (Å²) in [5.74, 6) is 1.41. The topological polar surface area (TPSA) is 9.23 Å². The number of hydrogen-bond donors (Lipinski definition) is 1. The van der Waals surface area contributed by atoms with Gasteiger partial charge in [0.25, 0.3) is 0 Å². The van der Waals surface area contributed by atoms with Crippen molar-refractivity contribution in [3.63, 3.8) is 0 Å². The van der Waals surface area contributed by atoms with E-state index < -0.39 is 0 Å². The SMILES string of the molecule is CCCC(CCCCBr)C(Br)Oc1ccccc1S. The lowest BCUT2D eigenvalue weighted by atomic mass is 9.98. The van der Waals surface area contributed by atoms with E-state index in [1.54, 1.807) is 0 Å². The Kier molecular flexibility index (Phi) is 9.25. The van der Waals surface area contributed by atoms with Crippen molar-refractivity contribution in [2.45, 2.75) is 48.9 Å². The predicted molar refractivity (Wildman–Crippen MR) is 93.1 cm³/mol. The van der Waals surface area contributed by atoms with E-state index in [4.69, 9.17) is 4.74 Å². The fraction of sp³-hybridized carbons (Fsp3) is 0.600. The fourth-order valence-electron chi connectivity index (χ4n) is 2.05. The molecule has 0 spiro atoms. The molecule has 0 aliphatic heterocycles. The Morgan fingerprint density at radius 2 is 1.95 bits per heavy atom. The van der Waals surface area contributed by atoms with Gasteiger partial charge in [-0.05, 0) is 47.3 Å². The number of unbranched alkanes of at least 4 members (excludes halogenated alkanes) is 1. The van der Waals surface area contributed by atoms with Gasteiger partial charge >= 0.3 is 0 Å². The van der Waals surface area contributed by atoms with Gasteiger partial charge in [0.2, 0.25) is 0 Å². The number of para-hydroxylation sites is 1. The molecule has 0 N–H and O–H groups in total. The maximum atomic E-state index is 6.02. The minimum atomic E-state index is 0.0658. The van der Waals surface area contributed by atoms with Crippen LogP contribution in [0.3, 0.4) is 0 Å². The Labute approximate surface area is 139 Å². The lowest BCUT2D eigenvalue weighted by molar-refractivity contribution is 0.198. The first-order chi connectivity index (χ1) is 9.19. The third-order valence-corrected chi connectivity index (χ3v) is 4.96. The standard InChI is InChI=1S/C15H22Br2OS/c1-2-7-12(8-5-6-11-16)15(17)18-13-9-3-4-10-14(13)19/h3-4,9-10,12,15,19H,2,5-8,11H2,1H3. The second kappa shape index (κ2) is 10.1. The lowest BCUT2D eigenvalue weighted by Crippen LogP contribution is -2.21. The largest absolute Gasteiger partial charge is 0.478 e. The molecule has 0 aromatic heterocycles. The molecule has 0 aliphatic carbocycles. The van der Waals surface area contributed by atoms with Gasteiger partial charge in [-0.15, -0.1) is 12.6 Å². The molecule has 0 heterocycles. The minimum absolute atomic E-state index is 0.0658. The zero-order valence-electron chi connectivity index (χ0n) is 11.3. The van der Waals surface area contributed by atoms with E-state index in [0.717, 1.165) is 16.0 Å². The van der Waals surface area contributed by atoms with Crippen molar-refractivity contribution in [2.24, 2.45) is 5.92 Å². The average molecular weight is 410 g/mol. The van der Waals surface area contributed by atoms with Crippen LogP contribution in [0.1, 0.15) is 39.0 Å². The highest BCUT2D eigenvalue weighted by molar-refractivity contribution is 9.09. The van der Waals surface area contributed by atoms with Crippen molar-refractivity contribution < 1.29 is 4.74 Å². The Morgan fingerprint density at radius 1 is 1.21 bits per heavy atom. The zero-order chi connectivity index (χ0) is 14.1. The van der Waals surface area contributed by atoms with Crippen molar-refractivity contribution >= 4 is 44.5 Å². The van der Waals surface area contributed by atoms with Crippen LogP contribution in [-0.2, 0) is 0 Å². The Bertz CT molecular complexity index is 360. The molecule has 19 heavy (non-hydrogen) atoms. The van der Waals surface area contributed by atoms with Gasteiger partial charge in [-0.3, -0.25) is 0 Å². The highest BCUT2D eigenvalue weighted by atomic mass is 79.9. The summed E-state index contributed by atoms with van der Waals surface area (Å²) >= 11 is 11.6. The van der Waals surface area contributed by atoms with E-state index in [1.165, 1.54) is 32.1 Å². The molecule has 1 aromatic carbocycles. The maximum absolute atomic E-state index is 6.02. The normalized spacial score (nSPS) is 14.1. The van der Waals surface area contributed by atoms with Crippen LogP contribution in [0.4, 0.5) is 0 Å². The molecule has 108 valence electrons. The van der Waals surface area contributed by atoms with E-state index in [2.05, 4.69) is 51.4 Å². The molecule has 0 radical (unpaired) electrons. The number of alkyl halides is 2. The van der Waals surface area contributed by atoms with Crippen LogP contribution in [-0.4, -0.2) is 10.3 Å². The van der Waals surface area contributed by atoms with Crippen LogP contribution < -0.4 is 4.74 Å². The molecule has 4 heteroatoms. The molecule has 0 amide bonds. The highest BCUT2D eigenvalue weighted by Gasteiger charge is 2.20. The van der Waals surface area contributed by atoms with Crippen LogP contribution in [0.5, 0.6) is 5.75 Å². The van der Waals surface area contributed by atoms with Crippen LogP contribution in [0.2, 0.25) is 0 Å². The number of halogens is 2. The third kappa shape index (κ3) is 6.54. The van der Waals surface area contributed by atoms with Gasteiger partial charge in [0.15, 0.2) is 5.01 Å².